The molecule has 3 nitrogen and oxygen atoms in total. The zero-order chi connectivity index (χ0) is 16.1. The summed E-state index contributed by atoms with van der Waals surface area (Å²) in [6.45, 7) is 0.788. The van der Waals surface area contributed by atoms with Gasteiger partial charge in [-0.1, -0.05) is 18.2 Å². The molecule has 0 heterocycles. The molecule has 0 bridgehead atoms. The van der Waals surface area contributed by atoms with Gasteiger partial charge in [0, 0.05) is 5.56 Å². The van der Waals surface area contributed by atoms with E-state index in [1.807, 2.05) is 12.1 Å². The molecular formula is C19H20FNO2. The summed E-state index contributed by atoms with van der Waals surface area (Å²) < 4.78 is 18.9. The first kappa shape index (κ1) is 15.5. The molecule has 0 unspecified atom stereocenters. The first-order valence-corrected chi connectivity index (χ1v) is 8.01. The van der Waals surface area contributed by atoms with Crippen LogP contribution >= 0.6 is 0 Å². The SMILES string of the molecule is O=C(NCCOc1cccc2c1CCCC2)c1cccc(F)c1. The van der Waals surface area contributed by atoms with Gasteiger partial charge in [-0.05, 0) is 61.1 Å². The molecule has 1 aliphatic rings. The van der Waals surface area contributed by atoms with Crippen molar-refractivity contribution in [1.29, 1.82) is 0 Å². The number of halogens is 1. The third kappa shape index (κ3) is 3.89. The van der Waals surface area contributed by atoms with Crippen molar-refractivity contribution in [1.82, 2.24) is 5.32 Å². The van der Waals surface area contributed by atoms with Crippen LogP contribution in [0.3, 0.4) is 0 Å². The molecule has 120 valence electrons. The number of fused-ring (bicyclic) bond motifs is 1. The Balaban J connectivity index is 1.51. The first-order valence-electron chi connectivity index (χ1n) is 8.01. The van der Waals surface area contributed by atoms with Gasteiger partial charge in [0.25, 0.3) is 5.91 Å². The van der Waals surface area contributed by atoms with E-state index in [9.17, 15) is 9.18 Å². The van der Waals surface area contributed by atoms with E-state index in [2.05, 4.69) is 11.4 Å². The molecule has 1 aliphatic carbocycles. The summed E-state index contributed by atoms with van der Waals surface area (Å²) in [5.41, 5.74) is 3.00. The van der Waals surface area contributed by atoms with Crippen molar-refractivity contribution >= 4 is 5.91 Å². The highest BCUT2D eigenvalue weighted by Crippen LogP contribution is 2.29. The van der Waals surface area contributed by atoms with Crippen molar-refractivity contribution in [3.63, 3.8) is 0 Å². The predicted octanol–water partition coefficient (Wildman–Crippen LogP) is 3.51. The lowest BCUT2D eigenvalue weighted by Gasteiger charge is -2.19. The molecule has 23 heavy (non-hydrogen) atoms. The number of carbonyl (C=O) groups excluding carboxylic acids is 1. The van der Waals surface area contributed by atoms with Gasteiger partial charge in [-0.2, -0.15) is 0 Å². The van der Waals surface area contributed by atoms with Gasteiger partial charge >= 0.3 is 0 Å². The van der Waals surface area contributed by atoms with Crippen molar-refractivity contribution in [2.45, 2.75) is 25.7 Å². The van der Waals surface area contributed by atoms with Crippen LogP contribution in [0.1, 0.15) is 34.3 Å². The van der Waals surface area contributed by atoms with Crippen molar-refractivity contribution in [3.05, 3.63) is 65.0 Å². The molecule has 0 fully saturated rings. The smallest absolute Gasteiger partial charge is 0.251 e. The summed E-state index contributed by atoms with van der Waals surface area (Å²) >= 11 is 0. The third-order valence-corrected chi connectivity index (χ3v) is 4.08. The molecule has 0 aliphatic heterocycles. The maximum Gasteiger partial charge on any atom is 0.251 e. The van der Waals surface area contributed by atoms with Crippen LogP contribution in [0.15, 0.2) is 42.5 Å². The zero-order valence-corrected chi connectivity index (χ0v) is 13.0. The Labute approximate surface area is 135 Å². The second kappa shape index (κ2) is 7.27. The van der Waals surface area contributed by atoms with Gasteiger partial charge < -0.3 is 10.1 Å². The highest BCUT2D eigenvalue weighted by atomic mass is 19.1. The highest BCUT2D eigenvalue weighted by molar-refractivity contribution is 5.94. The average Bonchev–Trinajstić information content (AvgIpc) is 2.58. The van der Waals surface area contributed by atoms with Crippen LogP contribution in [0.2, 0.25) is 0 Å². The number of hydrogen-bond acceptors (Lipinski definition) is 2. The van der Waals surface area contributed by atoms with Gasteiger partial charge in [0.05, 0.1) is 6.54 Å². The van der Waals surface area contributed by atoms with Gasteiger partial charge in [-0.3, -0.25) is 4.79 Å². The van der Waals surface area contributed by atoms with Crippen molar-refractivity contribution in [2.75, 3.05) is 13.2 Å². The summed E-state index contributed by atoms with van der Waals surface area (Å²) in [5.74, 6) is 0.218. The van der Waals surface area contributed by atoms with Crippen LogP contribution in [0.5, 0.6) is 5.75 Å². The minimum Gasteiger partial charge on any atom is -0.491 e. The van der Waals surface area contributed by atoms with E-state index < -0.39 is 5.82 Å². The fourth-order valence-corrected chi connectivity index (χ4v) is 2.94. The second-order valence-corrected chi connectivity index (χ2v) is 5.72. The van der Waals surface area contributed by atoms with E-state index >= 15 is 0 Å². The third-order valence-electron chi connectivity index (χ3n) is 4.08. The van der Waals surface area contributed by atoms with Crippen LogP contribution in [0, 0.1) is 5.82 Å². The van der Waals surface area contributed by atoms with E-state index in [0.717, 1.165) is 18.6 Å². The largest absolute Gasteiger partial charge is 0.491 e. The lowest BCUT2D eigenvalue weighted by molar-refractivity contribution is 0.0946. The van der Waals surface area contributed by atoms with Gasteiger partial charge in [0.15, 0.2) is 0 Å². The average molecular weight is 313 g/mol. The fraction of sp³-hybridized carbons (Fsp3) is 0.316. The maximum absolute atomic E-state index is 13.1. The van der Waals surface area contributed by atoms with Gasteiger partial charge in [-0.15, -0.1) is 0 Å². The lowest BCUT2D eigenvalue weighted by atomic mass is 9.91. The topological polar surface area (TPSA) is 38.3 Å². The normalized spacial score (nSPS) is 13.3. The Bertz CT molecular complexity index is 700. The Morgan fingerprint density at radius 1 is 1.13 bits per heavy atom. The molecule has 1 amide bonds. The molecule has 0 atom stereocenters. The maximum atomic E-state index is 13.1. The van der Waals surface area contributed by atoms with Gasteiger partial charge in [0.1, 0.15) is 18.2 Å². The van der Waals surface area contributed by atoms with Crippen LogP contribution in [0.4, 0.5) is 4.39 Å². The summed E-state index contributed by atoms with van der Waals surface area (Å²) in [5, 5.41) is 2.75. The number of carbonyl (C=O) groups is 1. The summed E-state index contributed by atoms with van der Waals surface area (Å²) in [6, 6.07) is 11.8. The number of amides is 1. The Morgan fingerprint density at radius 2 is 1.96 bits per heavy atom. The number of aryl methyl sites for hydroxylation is 1. The second-order valence-electron chi connectivity index (χ2n) is 5.72. The van der Waals surface area contributed by atoms with Gasteiger partial charge in [0.2, 0.25) is 0 Å². The van der Waals surface area contributed by atoms with Crippen LogP contribution in [0.25, 0.3) is 0 Å². The summed E-state index contributed by atoms with van der Waals surface area (Å²) in [4.78, 5) is 11.9. The Morgan fingerprint density at radius 3 is 2.83 bits per heavy atom. The molecular weight excluding hydrogens is 293 g/mol. The van der Waals surface area contributed by atoms with E-state index in [1.165, 1.54) is 42.2 Å². The number of hydrogen-bond donors (Lipinski definition) is 1. The number of ether oxygens (including phenoxy) is 1. The molecule has 0 spiro atoms. The highest BCUT2D eigenvalue weighted by Gasteiger charge is 2.13. The molecule has 2 aromatic carbocycles. The van der Waals surface area contributed by atoms with Crippen molar-refractivity contribution < 1.29 is 13.9 Å². The Hall–Kier alpha value is -2.36. The minimum atomic E-state index is -0.412. The van der Waals surface area contributed by atoms with E-state index in [4.69, 9.17) is 4.74 Å². The summed E-state index contributed by atoms with van der Waals surface area (Å²) in [6.07, 6.45) is 4.60. The number of nitrogens with one attached hydrogen (secondary N) is 1. The minimum absolute atomic E-state index is 0.289. The first-order chi connectivity index (χ1) is 11.2. The molecule has 0 saturated carbocycles. The lowest BCUT2D eigenvalue weighted by Crippen LogP contribution is -2.28. The van der Waals surface area contributed by atoms with E-state index in [1.54, 1.807) is 6.07 Å². The molecule has 3 rings (SSSR count). The number of benzene rings is 2. The van der Waals surface area contributed by atoms with Gasteiger partial charge in [-0.25, -0.2) is 4.39 Å². The predicted molar refractivity (Wildman–Crippen MR) is 87.3 cm³/mol. The molecule has 4 heteroatoms. The van der Waals surface area contributed by atoms with Crippen molar-refractivity contribution in [2.24, 2.45) is 0 Å². The van der Waals surface area contributed by atoms with Crippen molar-refractivity contribution in [3.8, 4) is 5.75 Å². The number of rotatable bonds is 5. The van der Waals surface area contributed by atoms with Crippen LogP contribution in [-0.2, 0) is 12.8 Å². The molecule has 0 saturated heterocycles. The standard InChI is InChI=1S/C19H20FNO2/c20-16-8-3-7-15(13-16)19(22)21-11-12-23-18-10-4-6-14-5-1-2-9-17(14)18/h3-4,6-8,10,13H,1-2,5,9,11-12H2,(H,21,22). The molecule has 0 aromatic heterocycles. The Kier molecular flexibility index (Phi) is 4.91. The van der Waals surface area contributed by atoms with E-state index in [-0.39, 0.29) is 5.91 Å². The molecule has 2 aromatic rings. The monoisotopic (exact) mass is 313 g/mol. The quantitative estimate of drug-likeness (QED) is 0.858. The zero-order valence-electron chi connectivity index (χ0n) is 13.0. The molecule has 1 N–H and O–H groups in total. The molecule has 0 radical (unpaired) electrons. The fourth-order valence-electron chi connectivity index (χ4n) is 2.94. The van der Waals surface area contributed by atoms with Crippen LogP contribution < -0.4 is 10.1 Å². The van der Waals surface area contributed by atoms with Crippen LogP contribution in [-0.4, -0.2) is 19.1 Å². The summed E-state index contributed by atoms with van der Waals surface area (Å²) in [7, 11) is 0. The van der Waals surface area contributed by atoms with E-state index in [0.29, 0.717) is 18.7 Å².